The largest absolute Gasteiger partial charge is 0.394 e. The van der Waals surface area contributed by atoms with Gasteiger partial charge in [0.2, 0.25) is 0 Å². The predicted molar refractivity (Wildman–Crippen MR) is 82.6 cm³/mol. The Balaban J connectivity index is 2.37. The summed E-state index contributed by atoms with van der Waals surface area (Å²) in [4.78, 5) is 6.63. The average molecular weight is 282 g/mol. The third-order valence-corrected chi connectivity index (χ3v) is 4.06. The first kappa shape index (κ1) is 17.1. The fourth-order valence-corrected chi connectivity index (χ4v) is 2.57. The van der Waals surface area contributed by atoms with Crippen molar-refractivity contribution in [1.29, 1.82) is 0 Å². The monoisotopic (exact) mass is 282 g/mol. The highest BCUT2D eigenvalue weighted by atomic mass is 16.3. The molecule has 0 aliphatic heterocycles. The molecule has 1 heterocycles. The Hall–Kier alpha value is -0.910. The van der Waals surface area contributed by atoms with Gasteiger partial charge in [0, 0.05) is 25.0 Å². The summed E-state index contributed by atoms with van der Waals surface area (Å²) >= 11 is 0. The summed E-state index contributed by atoms with van der Waals surface area (Å²) < 4.78 is 2.05. The number of hydrogen-bond acceptors (Lipinski definition) is 4. The number of likely N-dealkylation sites (N-methyl/N-ethyl adjacent to an activating group) is 1. The lowest BCUT2D eigenvalue weighted by Crippen LogP contribution is -2.48. The molecule has 1 rings (SSSR count). The first-order valence-corrected chi connectivity index (χ1v) is 7.57. The van der Waals surface area contributed by atoms with Gasteiger partial charge in [0.1, 0.15) is 5.82 Å². The van der Waals surface area contributed by atoms with Crippen LogP contribution in [-0.4, -0.2) is 51.8 Å². The number of aryl methyl sites for hydroxylation is 1. The van der Waals surface area contributed by atoms with E-state index in [0.717, 1.165) is 44.7 Å². The molecule has 0 radical (unpaired) electrons. The van der Waals surface area contributed by atoms with E-state index in [1.54, 1.807) is 0 Å². The van der Waals surface area contributed by atoms with Crippen LogP contribution in [0.5, 0.6) is 0 Å². The molecule has 1 atom stereocenters. The summed E-state index contributed by atoms with van der Waals surface area (Å²) in [6.07, 6.45) is 6.84. The zero-order chi connectivity index (χ0) is 15.0. The van der Waals surface area contributed by atoms with Gasteiger partial charge in [0.15, 0.2) is 0 Å². The van der Waals surface area contributed by atoms with Crippen LogP contribution in [0.4, 0.5) is 0 Å². The van der Waals surface area contributed by atoms with Crippen molar-refractivity contribution in [1.82, 2.24) is 19.8 Å². The molecule has 0 bridgehead atoms. The van der Waals surface area contributed by atoms with E-state index in [0.29, 0.717) is 0 Å². The topological polar surface area (TPSA) is 53.3 Å². The van der Waals surface area contributed by atoms with Crippen molar-refractivity contribution in [3.63, 3.8) is 0 Å². The van der Waals surface area contributed by atoms with Crippen LogP contribution in [0, 0.1) is 0 Å². The smallest absolute Gasteiger partial charge is 0.122 e. The summed E-state index contributed by atoms with van der Waals surface area (Å²) in [5, 5.41) is 13.1. The summed E-state index contributed by atoms with van der Waals surface area (Å²) in [7, 11) is 4.14. The molecule has 0 amide bonds. The van der Waals surface area contributed by atoms with Crippen LogP contribution in [0.2, 0.25) is 0 Å². The molecule has 0 aliphatic carbocycles. The van der Waals surface area contributed by atoms with Gasteiger partial charge in [-0.15, -0.1) is 0 Å². The molecule has 0 spiro atoms. The second-order valence-corrected chi connectivity index (χ2v) is 5.62. The summed E-state index contributed by atoms with van der Waals surface area (Å²) in [5.74, 6) is 1.09. The number of aliphatic hydroxyl groups excluding tert-OH is 1. The number of nitrogens with one attached hydrogen (secondary N) is 1. The normalized spacial score (nSPS) is 14.7. The van der Waals surface area contributed by atoms with Crippen molar-refractivity contribution in [2.45, 2.75) is 45.2 Å². The maximum Gasteiger partial charge on any atom is 0.122 e. The molecule has 116 valence electrons. The quantitative estimate of drug-likeness (QED) is 0.681. The minimum absolute atomic E-state index is 0.112. The Labute approximate surface area is 123 Å². The van der Waals surface area contributed by atoms with Gasteiger partial charge in [-0.25, -0.2) is 4.98 Å². The Morgan fingerprint density at radius 1 is 1.45 bits per heavy atom. The Bertz CT molecular complexity index is 374. The average Bonchev–Trinajstić information content (AvgIpc) is 2.83. The van der Waals surface area contributed by atoms with Gasteiger partial charge in [-0.05, 0) is 39.4 Å². The van der Waals surface area contributed by atoms with Gasteiger partial charge < -0.3 is 15.0 Å². The van der Waals surface area contributed by atoms with Gasteiger partial charge in [0.05, 0.1) is 13.2 Å². The van der Waals surface area contributed by atoms with Crippen molar-refractivity contribution in [3.8, 4) is 0 Å². The molecule has 5 nitrogen and oxygen atoms in total. The standard InChI is InChI=1S/C15H30N4O/c1-5-15(13-20,17-6-2)8-7-10-18(3)12-14-16-9-11-19(14)4/h9,11,17,20H,5-8,10,12-13H2,1-4H3. The number of imidazole rings is 1. The molecule has 20 heavy (non-hydrogen) atoms. The summed E-state index contributed by atoms with van der Waals surface area (Å²) in [6, 6.07) is 0. The van der Waals surface area contributed by atoms with Gasteiger partial charge in [-0.3, -0.25) is 4.90 Å². The highest BCUT2D eigenvalue weighted by molar-refractivity contribution is 4.91. The first-order chi connectivity index (χ1) is 9.56. The van der Waals surface area contributed by atoms with E-state index in [4.69, 9.17) is 0 Å². The van der Waals surface area contributed by atoms with Gasteiger partial charge >= 0.3 is 0 Å². The van der Waals surface area contributed by atoms with Gasteiger partial charge in [0.25, 0.3) is 0 Å². The van der Waals surface area contributed by atoms with Crippen LogP contribution in [0.25, 0.3) is 0 Å². The van der Waals surface area contributed by atoms with E-state index >= 15 is 0 Å². The van der Waals surface area contributed by atoms with Crippen molar-refractivity contribution in [2.24, 2.45) is 7.05 Å². The van der Waals surface area contributed by atoms with Crippen LogP contribution in [0.3, 0.4) is 0 Å². The number of aromatic nitrogens is 2. The van der Waals surface area contributed by atoms with Crippen molar-refractivity contribution < 1.29 is 5.11 Å². The van der Waals surface area contributed by atoms with Gasteiger partial charge in [-0.1, -0.05) is 13.8 Å². The zero-order valence-corrected chi connectivity index (χ0v) is 13.4. The number of rotatable bonds is 10. The molecule has 0 saturated carbocycles. The van der Waals surface area contributed by atoms with Crippen LogP contribution in [-0.2, 0) is 13.6 Å². The van der Waals surface area contributed by atoms with E-state index in [-0.39, 0.29) is 12.1 Å². The lowest BCUT2D eigenvalue weighted by atomic mass is 9.91. The molecule has 0 fully saturated rings. The van der Waals surface area contributed by atoms with Crippen LogP contribution in [0.1, 0.15) is 38.9 Å². The molecular weight excluding hydrogens is 252 g/mol. The third kappa shape index (κ3) is 4.89. The predicted octanol–water partition coefficient (Wildman–Crippen LogP) is 1.38. The lowest BCUT2D eigenvalue weighted by Gasteiger charge is -2.32. The molecular formula is C15H30N4O. The Kier molecular flexibility index (Phi) is 7.19. The van der Waals surface area contributed by atoms with E-state index in [1.165, 1.54) is 0 Å². The van der Waals surface area contributed by atoms with Crippen molar-refractivity contribution in [3.05, 3.63) is 18.2 Å². The van der Waals surface area contributed by atoms with Crippen molar-refractivity contribution >= 4 is 0 Å². The number of aliphatic hydroxyl groups is 1. The second-order valence-electron chi connectivity index (χ2n) is 5.62. The zero-order valence-electron chi connectivity index (χ0n) is 13.4. The molecule has 0 aromatic carbocycles. The SMILES string of the molecule is CCNC(CC)(CO)CCCN(C)Cc1nccn1C. The van der Waals surface area contributed by atoms with Crippen LogP contribution in [0.15, 0.2) is 12.4 Å². The highest BCUT2D eigenvalue weighted by Gasteiger charge is 2.25. The fourth-order valence-electron chi connectivity index (χ4n) is 2.57. The molecule has 5 heteroatoms. The lowest BCUT2D eigenvalue weighted by molar-refractivity contribution is 0.141. The van der Waals surface area contributed by atoms with Gasteiger partial charge in [-0.2, -0.15) is 0 Å². The number of hydrogen-bond donors (Lipinski definition) is 2. The van der Waals surface area contributed by atoms with E-state index in [1.807, 2.05) is 19.4 Å². The van der Waals surface area contributed by atoms with E-state index in [9.17, 15) is 5.11 Å². The van der Waals surface area contributed by atoms with Crippen LogP contribution >= 0.6 is 0 Å². The summed E-state index contributed by atoms with van der Waals surface area (Å²) in [5.41, 5.74) is -0.112. The maximum absolute atomic E-state index is 9.63. The number of nitrogens with zero attached hydrogens (tertiary/aromatic N) is 3. The molecule has 1 aromatic heterocycles. The molecule has 1 aromatic rings. The fraction of sp³-hybridized carbons (Fsp3) is 0.800. The molecule has 2 N–H and O–H groups in total. The Morgan fingerprint density at radius 3 is 2.70 bits per heavy atom. The van der Waals surface area contributed by atoms with E-state index < -0.39 is 0 Å². The van der Waals surface area contributed by atoms with Crippen molar-refractivity contribution in [2.75, 3.05) is 26.7 Å². The molecule has 1 unspecified atom stereocenters. The molecule has 0 saturated heterocycles. The summed E-state index contributed by atoms with van der Waals surface area (Å²) in [6.45, 7) is 7.21. The second kappa shape index (κ2) is 8.39. The van der Waals surface area contributed by atoms with E-state index in [2.05, 4.69) is 40.7 Å². The maximum atomic E-state index is 9.63. The minimum Gasteiger partial charge on any atom is -0.394 e. The first-order valence-electron chi connectivity index (χ1n) is 7.57. The highest BCUT2D eigenvalue weighted by Crippen LogP contribution is 2.17. The van der Waals surface area contributed by atoms with Crippen LogP contribution < -0.4 is 5.32 Å². The molecule has 0 aliphatic rings. The Morgan fingerprint density at radius 2 is 2.20 bits per heavy atom. The minimum atomic E-state index is -0.112. The third-order valence-electron chi connectivity index (χ3n) is 4.06.